The van der Waals surface area contributed by atoms with Gasteiger partial charge in [-0.2, -0.15) is 5.10 Å². The van der Waals surface area contributed by atoms with Gasteiger partial charge in [-0.25, -0.2) is 0 Å². The van der Waals surface area contributed by atoms with Gasteiger partial charge in [0.05, 0.1) is 16.4 Å². The van der Waals surface area contributed by atoms with Crippen LogP contribution in [0.3, 0.4) is 0 Å². The summed E-state index contributed by atoms with van der Waals surface area (Å²) in [7, 11) is 0. The van der Waals surface area contributed by atoms with Gasteiger partial charge in [-0.05, 0) is 57.4 Å². The van der Waals surface area contributed by atoms with E-state index in [1.807, 2.05) is 6.92 Å². The highest BCUT2D eigenvalue weighted by molar-refractivity contribution is 6.31. The van der Waals surface area contributed by atoms with Crippen molar-refractivity contribution in [2.24, 2.45) is 23.5 Å². The number of hydrogen-bond acceptors (Lipinski definition) is 2. The summed E-state index contributed by atoms with van der Waals surface area (Å²) < 4.78 is 2.07. The molecule has 1 heterocycles. The summed E-state index contributed by atoms with van der Waals surface area (Å²) in [5.41, 5.74) is 8.16. The number of hydrogen-bond donors (Lipinski definition) is 1. The fraction of sp³-hybridized carbons (Fsp3) is 0.812. The Bertz CT molecular complexity index is 441. The fourth-order valence-corrected chi connectivity index (χ4v) is 3.88. The van der Waals surface area contributed by atoms with Crippen molar-refractivity contribution in [1.82, 2.24) is 9.78 Å². The number of halogens is 1. The summed E-state index contributed by atoms with van der Waals surface area (Å²) >= 11 is 6.46. The molecular weight excluding hydrogens is 270 g/mol. The smallest absolute Gasteiger partial charge is 0.0847 e. The largest absolute Gasteiger partial charge is 0.330 e. The van der Waals surface area contributed by atoms with Crippen LogP contribution in [0.25, 0.3) is 0 Å². The Balaban J connectivity index is 2.17. The molecule has 20 heavy (non-hydrogen) atoms. The number of nitrogens with zero attached hydrogens (tertiary/aromatic N) is 2. The average molecular weight is 298 g/mol. The molecule has 0 aliphatic heterocycles. The van der Waals surface area contributed by atoms with E-state index in [9.17, 15) is 0 Å². The third kappa shape index (κ3) is 3.20. The van der Waals surface area contributed by atoms with Crippen LogP contribution in [0.5, 0.6) is 0 Å². The highest BCUT2D eigenvalue weighted by atomic mass is 35.5. The molecule has 0 aromatic carbocycles. The van der Waals surface area contributed by atoms with Crippen molar-refractivity contribution in [3.63, 3.8) is 0 Å². The van der Waals surface area contributed by atoms with E-state index >= 15 is 0 Å². The molecule has 1 aliphatic carbocycles. The van der Waals surface area contributed by atoms with Gasteiger partial charge in [0.25, 0.3) is 0 Å². The maximum Gasteiger partial charge on any atom is 0.0847 e. The van der Waals surface area contributed by atoms with Crippen LogP contribution in [-0.4, -0.2) is 16.3 Å². The molecule has 3 nitrogen and oxygen atoms in total. The molecule has 1 aliphatic rings. The van der Waals surface area contributed by atoms with Crippen LogP contribution in [0.15, 0.2) is 0 Å². The summed E-state index contributed by atoms with van der Waals surface area (Å²) in [4.78, 5) is 0. The molecule has 3 unspecified atom stereocenters. The Hall–Kier alpha value is -0.540. The van der Waals surface area contributed by atoms with E-state index in [1.165, 1.54) is 31.4 Å². The van der Waals surface area contributed by atoms with Crippen LogP contribution in [0.1, 0.15) is 50.9 Å². The number of rotatable bonds is 5. The maximum absolute atomic E-state index is 6.46. The van der Waals surface area contributed by atoms with Crippen molar-refractivity contribution in [1.29, 1.82) is 0 Å². The summed E-state index contributed by atoms with van der Waals surface area (Å²) in [5.74, 6) is 2.17. The maximum atomic E-state index is 6.46. The van der Waals surface area contributed by atoms with Crippen LogP contribution in [0.4, 0.5) is 0 Å². The van der Waals surface area contributed by atoms with Crippen molar-refractivity contribution in [3.8, 4) is 0 Å². The SMILES string of the molecule is CCC1CCC(CN)C(Cc2c(Cl)c(C)nn2CC)C1. The zero-order valence-electron chi connectivity index (χ0n) is 13.0. The van der Waals surface area contributed by atoms with Crippen LogP contribution in [-0.2, 0) is 13.0 Å². The summed E-state index contributed by atoms with van der Waals surface area (Å²) in [6.45, 7) is 8.12. The van der Waals surface area contributed by atoms with Gasteiger partial charge in [-0.3, -0.25) is 4.68 Å². The molecule has 0 spiro atoms. The summed E-state index contributed by atoms with van der Waals surface area (Å²) in [6, 6.07) is 0. The van der Waals surface area contributed by atoms with Gasteiger partial charge in [-0.15, -0.1) is 0 Å². The van der Waals surface area contributed by atoms with Crippen LogP contribution in [0, 0.1) is 24.7 Å². The van der Waals surface area contributed by atoms with Crippen molar-refractivity contribution >= 4 is 11.6 Å². The third-order valence-electron chi connectivity index (χ3n) is 5.04. The molecular formula is C16H28ClN3. The Morgan fingerprint density at radius 1 is 1.30 bits per heavy atom. The van der Waals surface area contributed by atoms with Gasteiger partial charge in [0.2, 0.25) is 0 Å². The Morgan fingerprint density at radius 2 is 2.05 bits per heavy atom. The monoisotopic (exact) mass is 297 g/mol. The molecule has 2 N–H and O–H groups in total. The minimum absolute atomic E-state index is 0.648. The Labute approximate surface area is 127 Å². The Kier molecular flexibility index (Phi) is 5.50. The minimum atomic E-state index is 0.648. The van der Waals surface area contributed by atoms with Crippen LogP contribution in [0.2, 0.25) is 5.02 Å². The van der Waals surface area contributed by atoms with Gasteiger partial charge in [-0.1, -0.05) is 31.4 Å². The fourth-order valence-electron chi connectivity index (χ4n) is 3.67. The molecule has 1 aromatic rings. The van der Waals surface area contributed by atoms with E-state index in [0.717, 1.165) is 36.1 Å². The first-order valence-corrected chi connectivity index (χ1v) is 8.40. The van der Waals surface area contributed by atoms with Gasteiger partial charge in [0.15, 0.2) is 0 Å². The van der Waals surface area contributed by atoms with Crippen molar-refractivity contribution in [2.75, 3.05) is 6.54 Å². The molecule has 0 saturated heterocycles. The molecule has 0 bridgehead atoms. The standard InChI is InChI=1S/C16H28ClN3/c1-4-12-6-7-13(10-18)14(8-12)9-15-16(17)11(3)19-20(15)5-2/h12-14H,4-10,18H2,1-3H3. The molecule has 1 aromatic heterocycles. The van der Waals surface area contributed by atoms with Crippen LogP contribution < -0.4 is 5.73 Å². The Morgan fingerprint density at radius 3 is 2.65 bits per heavy atom. The second-order valence-electron chi connectivity index (χ2n) is 6.21. The summed E-state index contributed by atoms with van der Waals surface area (Å²) in [5, 5.41) is 5.40. The first-order valence-electron chi connectivity index (χ1n) is 8.02. The van der Waals surface area contributed by atoms with Gasteiger partial charge in [0, 0.05) is 6.54 Å². The van der Waals surface area contributed by atoms with E-state index in [2.05, 4.69) is 23.6 Å². The number of aryl methyl sites for hydroxylation is 2. The lowest BCUT2D eigenvalue weighted by Gasteiger charge is -2.35. The molecule has 4 heteroatoms. The van der Waals surface area contributed by atoms with Gasteiger partial charge >= 0.3 is 0 Å². The highest BCUT2D eigenvalue weighted by Gasteiger charge is 2.30. The average Bonchev–Trinajstić information content (AvgIpc) is 2.74. The molecule has 0 radical (unpaired) electrons. The minimum Gasteiger partial charge on any atom is -0.330 e. The lowest BCUT2D eigenvalue weighted by molar-refractivity contribution is 0.177. The summed E-state index contributed by atoms with van der Waals surface area (Å²) in [6.07, 6.45) is 6.23. The molecule has 1 fully saturated rings. The second-order valence-corrected chi connectivity index (χ2v) is 6.59. The number of aromatic nitrogens is 2. The predicted octanol–water partition coefficient (Wildman–Crippen LogP) is 3.81. The van der Waals surface area contributed by atoms with E-state index < -0.39 is 0 Å². The first-order chi connectivity index (χ1) is 9.60. The zero-order valence-corrected chi connectivity index (χ0v) is 13.8. The molecule has 114 valence electrons. The van der Waals surface area contributed by atoms with E-state index in [0.29, 0.717) is 11.8 Å². The van der Waals surface area contributed by atoms with Gasteiger partial charge in [0.1, 0.15) is 0 Å². The quantitative estimate of drug-likeness (QED) is 0.898. The lowest BCUT2D eigenvalue weighted by Crippen LogP contribution is -2.32. The molecule has 1 saturated carbocycles. The molecule has 0 amide bonds. The van der Waals surface area contributed by atoms with Crippen molar-refractivity contribution in [3.05, 3.63) is 16.4 Å². The van der Waals surface area contributed by atoms with Crippen molar-refractivity contribution in [2.45, 2.75) is 59.4 Å². The molecule has 3 atom stereocenters. The lowest BCUT2D eigenvalue weighted by atomic mass is 9.71. The third-order valence-corrected chi connectivity index (χ3v) is 5.53. The van der Waals surface area contributed by atoms with E-state index in [4.69, 9.17) is 17.3 Å². The normalized spacial score (nSPS) is 26.9. The van der Waals surface area contributed by atoms with Crippen LogP contribution >= 0.6 is 11.6 Å². The topological polar surface area (TPSA) is 43.8 Å². The zero-order chi connectivity index (χ0) is 14.7. The molecule has 2 rings (SSSR count). The predicted molar refractivity (Wildman–Crippen MR) is 85.0 cm³/mol. The van der Waals surface area contributed by atoms with Gasteiger partial charge < -0.3 is 5.73 Å². The van der Waals surface area contributed by atoms with Crippen molar-refractivity contribution < 1.29 is 0 Å². The van der Waals surface area contributed by atoms with E-state index in [1.54, 1.807) is 0 Å². The number of nitrogens with two attached hydrogens (primary N) is 1. The second kappa shape index (κ2) is 6.95. The highest BCUT2D eigenvalue weighted by Crippen LogP contribution is 2.38. The van der Waals surface area contributed by atoms with E-state index in [-0.39, 0.29) is 0 Å². The first kappa shape index (κ1) is 15.8.